The SMILES string of the molecule is CCNC1(C#N)CCCC1CCN(CC)CC(F)(F)F. The van der Waals surface area contributed by atoms with Crippen LogP contribution in [0.15, 0.2) is 0 Å². The Balaban J connectivity index is 2.56. The average molecular weight is 291 g/mol. The van der Waals surface area contributed by atoms with Gasteiger partial charge in [-0.1, -0.05) is 20.3 Å². The van der Waals surface area contributed by atoms with E-state index in [4.69, 9.17) is 0 Å². The minimum Gasteiger partial charge on any atom is -0.299 e. The number of nitrogens with zero attached hydrogens (tertiary/aromatic N) is 2. The van der Waals surface area contributed by atoms with Crippen LogP contribution in [0.2, 0.25) is 0 Å². The van der Waals surface area contributed by atoms with E-state index in [1.54, 1.807) is 6.92 Å². The van der Waals surface area contributed by atoms with Gasteiger partial charge in [0.05, 0.1) is 12.6 Å². The van der Waals surface area contributed by atoms with E-state index < -0.39 is 18.3 Å². The van der Waals surface area contributed by atoms with Crippen molar-refractivity contribution in [3.63, 3.8) is 0 Å². The summed E-state index contributed by atoms with van der Waals surface area (Å²) in [4.78, 5) is 1.41. The fraction of sp³-hybridized carbons (Fsp3) is 0.929. The maximum Gasteiger partial charge on any atom is 0.401 e. The van der Waals surface area contributed by atoms with E-state index in [2.05, 4.69) is 11.4 Å². The second-order valence-corrected chi connectivity index (χ2v) is 5.48. The van der Waals surface area contributed by atoms with Gasteiger partial charge in [-0.05, 0) is 44.8 Å². The number of halogens is 3. The van der Waals surface area contributed by atoms with Gasteiger partial charge in [-0.25, -0.2) is 0 Å². The highest BCUT2D eigenvalue weighted by molar-refractivity contribution is 5.14. The topological polar surface area (TPSA) is 39.1 Å². The number of alkyl halides is 3. The van der Waals surface area contributed by atoms with Crippen molar-refractivity contribution < 1.29 is 13.2 Å². The van der Waals surface area contributed by atoms with Crippen LogP contribution >= 0.6 is 0 Å². The molecule has 6 heteroatoms. The molecule has 1 fully saturated rings. The third-order valence-electron chi connectivity index (χ3n) is 4.16. The largest absolute Gasteiger partial charge is 0.401 e. The van der Waals surface area contributed by atoms with Gasteiger partial charge in [0, 0.05) is 0 Å². The number of rotatable bonds is 7. The molecule has 1 N–H and O–H groups in total. The quantitative estimate of drug-likeness (QED) is 0.784. The van der Waals surface area contributed by atoms with E-state index in [-0.39, 0.29) is 5.92 Å². The average Bonchev–Trinajstić information content (AvgIpc) is 2.77. The first-order valence-electron chi connectivity index (χ1n) is 7.32. The molecular weight excluding hydrogens is 267 g/mol. The molecule has 3 nitrogen and oxygen atoms in total. The van der Waals surface area contributed by atoms with Gasteiger partial charge in [-0.2, -0.15) is 18.4 Å². The molecule has 2 unspecified atom stereocenters. The first-order valence-corrected chi connectivity index (χ1v) is 7.32. The van der Waals surface area contributed by atoms with Crippen molar-refractivity contribution in [2.24, 2.45) is 5.92 Å². The van der Waals surface area contributed by atoms with Crippen molar-refractivity contribution in [1.29, 1.82) is 5.26 Å². The first kappa shape index (κ1) is 17.3. The van der Waals surface area contributed by atoms with Gasteiger partial charge in [0.15, 0.2) is 0 Å². The fourth-order valence-corrected chi connectivity index (χ4v) is 3.14. The second-order valence-electron chi connectivity index (χ2n) is 5.48. The van der Waals surface area contributed by atoms with Crippen LogP contribution in [-0.4, -0.2) is 42.8 Å². The standard InChI is InChI=1S/C14H24F3N3/c1-3-19-13(10-18)8-5-6-12(13)7-9-20(4-2)11-14(15,16)17/h12,19H,3-9,11H2,1-2H3. The molecular formula is C14H24F3N3. The monoisotopic (exact) mass is 291 g/mol. The van der Waals surface area contributed by atoms with Crippen molar-refractivity contribution in [2.75, 3.05) is 26.2 Å². The highest BCUT2D eigenvalue weighted by Crippen LogP contribution is 2.37. The summed E-state index contributed by atoms with van der Waals surface area (Å²) in [6.45, 7) is 4.32. The molecule has 1 aliphatic rings. The Morgan fingerprint density at radius 2 is 2.10 bits per heavy atom. The van der Waals surface area contributed by atoms with Gasteiger partial charge >= 0.3 is 6.18 Å². The lowest BCUT2D eigenvalue weighted by molar-refractivity contribution is -0.145. The highest BCUT2D eigenvalue weighted by atomic mass is 19.4. The third kappa shape index (κ3) is 4.64. The molecule has 2 atom stereocenters. The van der Waals surface area contributed by atoms with Crippen molar-refractivity contribution >= 4 is 0 Å². The normalized spacial score (nSPS) is 26.9. The summed E-state index contributed by atoms with van der Waals surface area (Å²) < 4.78 is 37.3. The molecule has 0 aliphatic heterocycles. The summed E-state index contributed by atoms with van der Waals surface area (Å²) >= 11 is 0. The van der Waals surface area contributed by atoms with Crippen molar-refractivity contribution in [3.8, 4) is 6.07 Å². The van der Waals surface area contributed by atoms with E-state index in [0.29, 0.717) is 26.1 Å². The Hall–Kier alpha value is -0.800. The van der Waals surface area contributed by atoms with E-state index in [0.717, 1.165) is 19.3 Å². The lowest BCUT2D eigenvalue weighted by Gasteiger charge is -2.31. The minimum atomic E-state index is -4.15. The van der Waals surface area contributed by atoms with Crippen molar-refractivity contribution in [2.45, 2.75) is 51.2 Å². The Morgan fingerprint density at radius 1 is 1.40 bits per heavy atom. The van der Waals surface area contributed by atoms with Crippen molar-refractivity contribution in [3.05, 3.63) is 0 Å². The van der Waals surface area contributed by atoms with Crippen LogP contribution in [0.1, 0.15) is 39.5 Å². The summed E-state index contributed by atoms with van der Waals surface area (Å²) in [6, 6.07) is 2.37. The zero-order valence-corrected chi connectivity index (χ0v) is 12.3. The van der Waals surface area contributed by atoms with Crippen molar-refractivity contribution in [1.82, 2.24) is 10.2 Å². The Morgan fingerprint density at radius 3 is 2.60 bits per heavy atom. The van der Waals surface area contributed by atoms with E-state index >= 15 is 0 Å². The molecule has 1 aliphatic carbocycles. The fourth-order valence-electron chi connectivity index (χ4n) is 3.14. The van der Waals surface area contributed by atoms with Gasteiger partial charge in [0.25, 0.3) is 0 Å². The maximum atomic E-state index is 12.4. The van der Waals surface area contributed by atoms with Gasteiger partial charge in [0.1, 0.15) is 5.54 Å². The Bertz CT molecular complexity index is 338. The highest BCUT2D eigenvalue weighted by Gasteiger charge is 2.42. The lowest BCUT2D eigenvalue weighted by atomic mass is 9.85. The molecule has 0 aromatic carbocycles. The predicted octanol–water partition coefficient (Wildman–Crippen LogP) is 2.93. The van der Waals surface area contributed by atoms with Crippen LogP contribution in [0.4, 0.5) is 13.2 Å². The number of hydrogen-bond donors (Lipinski definition) is 1. The van der Waals surface area contributed by atoms with E-state index in [9.17, 15) is 18.4 Å². The molecule has 1 rings (SSSR count). The summed E-state index contributed by atoms with van der Waals surface area (Å²) in [6.07, 6.45) is -0.821. The summed E-state index contributed by atoms with van der Waals surface area (Å²) in [7, 11) is 0. The molecule has 0 aromatic heterocycles. The number of nitriles is 1. The molecule has 0 saturated heterocycles. The van der Waals surface area contributed by atoms with Crippen LogP contribution in [-0.2, 0) is 0 Å². The van der Waals surface area contributed by atoms with Crippen LogP contribution in [0.5, 0.6) is 0 Å². The van der Waals surface area contributed by atoms with E-state index in [1.807, 2.05) is 6.92 Å². The van der Waals surface area contributed by atoms with Gasteiger partial charge in [-0.3, -0.25) is 10.2 Å². The van der Waals surface area contributed by atoms with Gasteiger partial charge < -0.3 is 0 Å². The summed E-state index contributed by atoms with van der Waals surface area (Å²) in [5.74, 6) is 0.148. The summed E-state index contributed by atoms with van der Waals surface area (Å²) in [5, 5.41) is 12.7. The van der Waals surface area contributed by atoms with Crippen LogP contribution in [0.3, 0.4) is 0 Å². The van der Waals surface area contributed by atoms with Crippen LogP contribution < -0.4 is 5.32 Å². The lowest BCUT2D eigenvalue weighted by Crippen LogP contribution is -2.48. The molecule has 0 bridgehead atoms. The Kier molecular flexibility index (Phi) is 6.28. The number of hydrogen-bond acceptors (Lipinski definition) is 3. The predicted molar refractivity (Wildman–Crippen MR) is 72.1 cm³/mol. The van der Waals surface area contributed by atoms with E-state index in [1.165, 1.54) is 4.90 Å². The smallest absolute Gasteiger partial charge is 0.299 e. The minimum absolute atomic E-state index is 0.148. The molecule has 0 aromatic rings. The number of nitrogens with one attached hydrogen (secondary N) is 1. The first-order chi connectivity index (χ1) is 9.37. The van der Waals surface area contributed by atoms with Crippen LogP contribution in [0, 0.1) is 17.2 Å². The maximum absolute atomic E-state index is 12.4. The second kappa shape index (κ2) is 7.28. The van der Waals surface area contributed by atoms with Crippen LogP contribution in [0.25, 0.3) is 0 Å². The Labute approximate surface area is 119 Å². The molecule has 0 radical (unpaired) electrons. The zero-order valence-electron chi connectivity index (χ0n) is 12.3. The van der Waals surface area contributed by atoms with Gasteiger partial charge in [-0.15, -0.1) is 0 Å². The molecule has 116 valence electrons. The van der Waals surface area contributed by atoms with Gasteiger partial charge in [0.2, 0.25) is 0 Å². The molecule has 20 heavy (non-hydrogen) atoms. The molecule has 0 spiro atoms. The molecule has 0 amide bonds. The summed E-state index contributed by atoms with van der Waals surface area (Å²) in [5.41, 5.74) is -0.535. The molecule has 0 heterocycles. The molecule has 1 saturated carbocycles. The third-order valence-corrected chi connectivity index (χ3v) is 4.16. The zero-order chi connectivity index (χ0) is 15.2.